The van der Waals surface area contributed by atoms with Crippen LogP contribution in [0.25, 0.3) is 0 Å². The van der Waals surface area contributed by atoms with Gasteiger partial charge >= 0.3 is 0 Å². The average Bonchev–Trinajstić information content (AvgIpc) is 2.77. The third-order valence-electron chi connectivity index (χ3n) is 4.04. The van der Waals surface area contributed by atoms with Crippen LogP contribution in [-0.4, -0.2) is 31.1 Å². The van der Waals surface area contributed by atoms with Gasteiger partial charge in [-0.05, 0) is 43.5 Å². The summed E-state index contributed by atoms with van der Waals surface area (Å²) in [5, 5.41) is 3.52. The van der Waals surface area contributed by atoms with Gasteiger partial charge in [0.25, 0.3) is 0 Å². The highest BCUT2D eigenvalue weighted by molar-refractivity contribution is 5.14. The van der Waals surface area contributed by atoms with Crippen LogP contribution < -0.4 is 5.32 Å². The van der Waals surface area contributed by atoms with Crippen LogP contribution in [0.15, 0.2) is 30.3 Å². The first-order valence-electron chi connectivity index (χ1n) is 6.39. The van der Waals surface area contributed by atoms with Gasteiger partial charge in [0.2, 0.25) is 0 Å². The Morgan fingerprint density at radius 2 is 1.94 bits per heavy atom. The monoisotopic (exact) mass is 216 g/mol. The fraction of sp³-hybridized carbons (Fsp3) is 0.571. The van der Waals surface area contributed by atoms with E-state index in [1.165, 1.54) is 38.2 Å². The smallest absolute Gasteiger partial charge is 0.0233 e. The van der Waals surface area contributed by atoms with Crippen LogP contribution in [0.1, 0.15) is 12.0 Å². The maximum absolute atomic E-state index is 3.52. The molecule has 0 amide bonds. The molecule has 0 radical (unpaired) electrons. The zero-order valence-corrected chi connectivity index (χ0v) is 9.73. The molecule has 1 aromatic rings. The van der Waals surface area contributed by atoms with Crippen molar-refractivity contribution in [2.24, 2.45) is 11.8 Å². The van der Waals surface area contributed by atoms with E-state index in [1.807, 2.05) is 0 Å². The molecule has 16 heavy (non-hydrogen) atoms. The van der Waals surface area contributed by atoms with Crippen LogP contribution >= 0.6 is 0 Å². The van der Waals surface area contributed by atoms with Gasteiger partial charge < -0.3 is 5.32 Å². The van der Waals surface area contributed by atoms with E-state index in [0.717, 1.165) is 18.4 Å². The van der Waals surface area contributed by atoms with Crippen molar-refractivity contribution in [2.45, 2.75) is 13.0 Å². The molecule has 3 rings (SSSR count). The van der Waals surface area contributed by atoms with Gasteiger partial charge in [-0.3, -0.25) is 4.90 Å². The van der Waals surface area contributed by atoms with E-state index in [1.54, 1.807) is 0 Å². The van der Waals surface area contributed by atoms with E-state index in [2.05, 4.69) is 40.5 Å². The normalized spacial score (nSPS) is 30.2. The number of hydrogen-bond donors (Lipinski definition) is 1. The van der Waals surface area contributed by atoms with Crippen LogP contribution in [0.3, 0.4) is 0 Å². The fourth-order valence-electron chi connectivity index (χ4n) is 3.10. The van der Waals surface area contributed by atoms with E-state index in [0.29, 0.717) is 0 Å². The van der Waals surface area contributed by atoms with Crippen molar-refractivity contribution in [1.29, 1.82) is 0 Å². The van der Waals surface area contributed by atoms with E-state index in [-0.39, 0.29) is 0 Å². The van der Waals surface area contributed by atoms with Gasteiger partial charge in [0.15, 0.2) is 0 Å². The van der Waals surface area contributed by atoms with E-state index >= 15 is 0 Å². The third-order valence-corrected chi connectivity index (χ3v) is 4.04. The number of benzene rings is 1. The van der Waals surface area contributed by atoms with Gasteiger partial charge in [0, 0.05) is 13.1 Å². The Kier molecular flexibility index (Phi) is 2.94. The lowest BCUT2D eigenvalue weighted by Gasteiger charge is -2.34. The van der Waals surface area contributed by atoms with Gasteiger partial charge in [-0.2, -0.15) is 0 Å². The maximum Gasteiger partial charge on any atom is 0.0233 e. The zero-order chi connectivity index (χ0) is 10.8. The lowest BCUT2D eigenvalue weighted by molar-refractivity contribution is 0.142. The highest BCUT2D eigenvalue weighted by Crippen LogP contribution is 2.27. The van der Waals surface area contributed by atoms with E-state index in [9.17, 15) is 0 Å². The second-order valence-electron chi connectivity index (χ2n) is 5.19. The van der Waals surface area contributed by atoms with Gasteiger partial charge in [-0.25, -0.2) is 0 Å². The molecule has 0 unspecified atom stereocenters. The maximum atomic E-state index is 3.52. The summed E-state index contributed by atoms with van der Waals surface area (Å²) in [6.45, 7) is 6.17. The van der Waals surface area contributed by atoms with Crippen LogP contribution in [-0.2, 0) is 6.54 Å². The largest absolute Gasteiger partial charge is 0.316 e. The lowest BCUT2D eigenvalue weighted by Crippen LogP contribution is -2.39. The quantitative estimate of drug-likeness (QED) is 0.810. The Balaban J connectivity index is 1.60. The first-order chi connectivity index (χ1) is 7.92. The molecule has 2 heteroatoms. The van der Waals surface area contributed by atoms with E-state index < -0.39 is 0 Å². The number of hydrogen-bond acceptors (Lipinski definition) is 2. The van der Waals surface area contributed by atoms with Crippen molar-refractivity contribution in [3.05, 3.63) is 35.9 Å². The summed E-state index contributed by atoms with van der Waals surface area (Å²) in [6.07, 6.45) is 1.38. The van der Waals surface area contributed by atoms with Crippen molar-refractivity contribution in [3.63, 3.8) is 0 Å². The minimum atomic E-state index is 0.900. The standard InChI is InChI=1S/C14H20N2/c1-2-4-12(5-3-1)10-16-7-6-13-8-15-9-14(13)11-16/h1-5,13-15H,6-11H2/t13-,14+/m0/s1. The van der Waals surface area contributed by atoms with Gasteiger partial charge in [-0.15, -0.1) is 0 Å². The highest BCUT2D eigenvalue weighted by atomic mass is 15.1. The molecule has 1 N–H and O–H groups in total. The molecular weight excluding hydrogens is 196 g/mol. The molecule has 1 aromatic carbocycles. The topological polar surface area (TPSA) is 15.3 Å². The minimum Gasteiger partial charge on any atom is -0.316 e. The third kappa shape index (κ3) is 2.13. The molecule has 0 aliphatic carbocycles. The average molecular weight is 216 g/mol. The number of fused-ring (bicyclic) bond motifs is 1. The van der Waals surface area contributed by atoms with Crippen molar-refractivity contribution >= 4 is 0 Å². The number of piperidine rings is 1. The molecule has 0 aromatic heterocycles. The molecule has 2 aliphatic rings. The number of likely N-dealkylation sites (tertiary alicyclic amines) is 1. The molecule has 2 saturated heterocycles. The van der Waals surface area contributed by atoms with Crippen molar-refractivity contribution in [2.75, 3.05) is 26.2 Å². The van der Waals surface area contributed by atoms with Crippen LogP contribution in [0.4, 0.5) is 0 Å². The molecule has 2 aliphatic heterocycles. The zero-order valence-electron chi connectivity index (χ0n) is 9.73. The molecule has 86 valence electrons. The minimum absolute atomic E-state index is 0.900. The van der Waals surface area contributed by atoms with Gasteiger partial charge in [0.05, 0.1) is 0 Å². The first-order valence-corrected chi connectivity index (χ1v) is 6.39. The predicted molar refractivity (Wildman–Crippen MR) is 66.2 cm³/mol. The Morgan fingerprint density at radius 1 is 1.12 bits per heavy atom. The van der Waals surface area contributed by atoms with Crippen molar-refractivity contribution < 1.29 is 0 Å². The van der Waals surface area contributed by atoms with Crippen molar-refractivity contribution in [3.8, 4) is 0 Å². The summed E-state index contributed by atoms with van der Waals surface area (Å²) >= 11 is 0. The molecule has 0 bridgehead atoms. The van der Waals surface area contributed by atoms with Gasteiger partial charge in [0.1, 0.15) is 0 Å². The Hall–Kier alpha value is -0.860. The van der Waals surface area contributed by atoms with Crippen LogP contribution in [0, 0.1) is 11.8 Å². The molecule has 0 spiro atoms. The fourth-order valence-corrected chi connectivity index (χ4v) is 3.10. The summed E-state index contributed by atoms with van der Waals surface area (Å²) in [6, 6.07) is 10.8. The molecule has 2 heterocycles. The highest BCUT2D eigenvalue weighted by Gasteiger charge is 2.32. The predicted octanol–water partition coefficient (Wildman–Crippen LogP) is 1.73. The Labute approximate surface area is 97.6 Å². The van der Waals surface area contributed by atoms with Gasteiger partial charge in [-0.1, -0.05) is 30.3 Å². The molecule has 0 saturated carbocycles. The SMILES string of the molecule is c1ccc(CN2CC[C@H]3CNC[C@@H]3C2)cc1. The lowest BCUT2D eigenvalue weighted by atomic mass is 9.88. The molecule has 2 nitrogen and oxygen atoms in total. The summed E-state index contributed by atoms with van der Waals surface area (Å²) in [5.41, 5.74) is 1.45. The van der Waals surface area contributed by atoms with E-state index in [4.69, 9.17) is 0 Å². The summed E-state index contributed by atoms with van der Waals surface area (Å²) in [7, 11) is 0. The summed E-state index contributed by atoms with van der Waals surface area (Å²) in [5.74, 6) is 1.85. The van der Waals surface area contributed by atoms with Crippen LogP contribution in [0.2, 0.25) is 0 Å². The molecule has 2 fully saturated rings. The summed E-state index contributed by atoms with van der Waals surface area (Å²) < 4.78 is 0. The second kappa shape index (κ2) is 4.56. The summed E-state index contributed by atoms with van der Waals surface area (Å²) in [4.78, 5) is 2.61. The first kappa shape index (κ1) is 10.3. The van der Waals surface area contributed by atoms with Crippen molar-refractivity contribution in [1.82, 2.24) is 10.2 Å². The number of nitrogens with one attached hydrogen (secondary N) is 1. The number of rotatable bonds is 2. The Morgan fingerprint density at radius 3 is 2.81 bits per heavy atom. The second-order valence-corrected chi connectivity index (χ2v) is 5.19. The molecule has 2 atom stereocenters. The van der Waals surface area contributed by atoms with Crippen LogP contribution in [0.5, 0.6) is 0 Å². The molecular formula is C14H20N2. The number of nitrogens with zero attached hydrogens (tertiary/aromatic N) is 1. The Bertz CT molecular complexity index is 336.